The van der Waals surface area contributed by atoms with Gasteiger partial charge < -0.3 is 5.73 Å². The number of nitrogens with two attached hydrogens (primary N) is 1. The quantitative estimate of drug-likeness (QED) is 0.765. The first-order chi connectivity index (χ1) is 8.14. The highest BCUT2D eigenvalue weighted by atomic mass is 19.4. The van der Waals surface area contributed by atoms with Crippen molar-refractivity contribution in [2.24, 2.45) is 5.73 Å². The SMILES string of the molecule is CC1(F)CCC(N)(c2ccccc2C(F)(F)F)C1. The molecule has 0 aromatic heterocycles. The van der Waals surface area contributed by atoms with Crippen LogP contribution in [-0.2, 0) is 11.7 Å². The molecule has 1 saturated carbocycles. The molecule has 0 saturated heterocycles. The first-order valence-corrected chi connectivity index (χ1v) is 5.79. The van der Waals surface area contributed by atoms with Crippen LogP contribution < -0.4 is 5.73 Å². The first kappa shape index (κ1) is 13.3. The van der Waals surface area contributed by atoms with Crippen LogP contribution >= 0.6 is 0 Å². The summed E-state index contributed by atoms with van der Waals surface area (Å²) in [6.45, 7) is 1.39. The van der Waals surface area contributed by atoms with E-state index in [-0.39, 0.29) is 24.8 Å². The van der Waals surface area contributed by atoms with Gasteiger partial charge in [-0.3, -0.25) is 0 Å². The Labute approximate surface area is 103 Å². The van der Waals surface area contributed by atoms with E-state index < -0.39 is 22.9 Å². The van der Waals surface area contributed by atoms with E-state index in [1.807, 2.05) is 0 Å². The van der Waals surface area contributed by atoms with Crippen LogP contribution in [0.4, 0.5) is 17.6 Å². The van der Waals surface area contributed by atoms with Crippen LogP contribution in [0.25, 0.3) is 0 Å². The van der Waals surface area contributed by atoms with Gasteiger partial charge in [0.15, 0.2) is 0 Å². The van der Waals surface area contributed by atoms with Gasteiger partial charge in [0.25, 0.3) is 0 Å². The lowest BCUT2D eigenvalue weighted by atomic mass is 9.84. The van der Waals surface area contributed by atoms with E-state index in [1.165, 1.54) is 25.1 Å². The van der Waals surface area contributed by atoms with Crippen LogP contribution in [0.15, 0.2) is 24.3 Å². The normalized spacial score (nSPS) is 32.8. The van der Waals surface area contributed by atoms with Gasteiger partial charge in [0, 0.05) is 12.0 Å². The van der Waals surface area contributed by atoms with Gasteiger partial charge in [-0.25, -0.2) is 4.39 Å². The molecule has 0 radical (unpaired) electrons. The average molecular weight is 261 g/mol. The molecule has 0 bridgehead atoms. The number of alkyl halides is 4. The standard InChI is InChI=1S/C13H15F4N/c1-11(14)6-7-12(18,8-11)9-4-2-3-5-10(9)13(15,16)17/h2-5H,6-8,18H2,1H3. The van der Waals surface area contributed by atoms with E-state index in [2.05, 4.69) is 0 Å². The molecule has 0 aliphatic heterocycles. The monoisotopic (exact) mass is 261 g/mol. The molecule has 1 aromatic carbocycles. The third-order valence-corrected chi connectivity index (χ3v) is 3.55. The molecule has 1 nitrogen and oxygen atoms in total. The van der Waals surface area contributed by atoms with E-state index in [0.717, 1.165) is 6.07 Å². The van der Waals surface area contributed by atoms with Crippen molar-refractivity contribution in [1.29, 1.82) is 0 Å². The number of benzene rings is 1. The van der Waals surface area contributed by atoms with Crippen molar-refractivity contribution in [3.05, 3.63) is 35.4 Å². The van der Waals surface area contributed by atoms with Gasteiger partial charge in [-0.2, -0.15) is 13.2 Å². The second-order valence-electron chi connectivity index (χ2n) is 5.29. The van der Waals surface area contributed by atoms with Crippen molar-refractivity contribution < 1.29 is 17.6 Å². The summed E-state index contributed by atoms with van der Waals surface area (Å²) in [6, 6.07) is 5.18. The molecule has 5 heteroatoms. The lowest BCUT2D eigenvalue weighted by Crippen LogP contribution is -2.37. The summed E-state index contributed by atoms with van der Waals surface area (Å²) in [4.78, 5) is 0. The van der Waals surface area contributed by atoms with Crippen molar-refractivity contribution in [2.75, 3.05) is 0 Å². The fraction of sp³-hybridized carbons (Fsp3) is 0.538. The fourth-order valence-corrected chi connectivity index (χ4v) is 2.71. The molecular weight excluding hydrogens is 246 g/mol. The van der Waals surface area contributed by atoms with Crippen LogP contribution in [0.5, 0.6) is 0 Å². The summed E-state index contributed by atoms with van der Waals surface area (Å²) in [5, 5.41) is 0. The van der Waals surface area contributed by atoms with Gasteiger partial charge in [0.2, 0.25) is 0 Å². The van der Waals surface area contributed by atoms with E-state index in [1.54, 1.807) is 0 Å². The molecule has 1 fully saturated rings. The topological polar surface area (TPSA) is 26.0 Å². The van der Waals surface area contributed by atoms with Crippen molar-refractivity contribution >= 4 is 0 Å². The lowest BCUT2D eigenvalue weighted by Gasteiger charge is -2.28. The molecule has 2 rings (SSSR count). The molecule has 2 N–H and O–H groups in total. The maximum Gasteiger partial charge on any atom is 0.416 e. The average Bonchev–Trinajstić information content (AvgIpc) is 2.53. The van der Waals surface area contributed by atoms with E-state index >= 15 is 0 Å². The van der Waals surface area contributed by atoms with Gasteiger partial charge in [-0.05, 0) is 31.4 Å². The minimum absolute atomic E-state index is 0.00104. The van der Waals surface area contributed by atoms with Crippen LogP contribution in [0.1, 0.15) is 37.3 Å². The highest BCUT2D eigenvalue weighted by Crippen LogP contribution is 2.47. The van der Waals surface area contributed by atoms with E-state index in [4.69, 9.17) is 5.73 Å². The fourth-order valence-electron chi connectivity index (χ4n) is 2.71. The van der Waals surface area contributed by atoms with Crippen molar-refractivity contribution in [2.45, 2.75) is 43.6 Å². The van der Waals surface area contributed by atoms with Gasteiger partial charge in [0.1, 0.15) is 5.67 Å². The molecule has 100 valence electrons. The largest absolute Gasteiger partial charge is 0.416 e. The predicted octanol–water partition coefficient (Wildman–Crippen LogP) is 3.77. The Morgan fingerprint density at radius 1 is 1.17 bits per heavy atom. The zero-order valence-electron chi connectivity index (χ0n) is 10.0. The van der Waals surface area contributed by atoms with Gasteiger partial charge in [-0.1, -0.05) is 18.2 Å². The summed E-state index contributed by atoms with van der Waals surface area (Å²) in [7, 11) is 0. The molecule has 0 heterocycles. The number of hydrogen-bond acceptors (Lipinski definition) is 1. The van der Waals surface area contributed by atoms with Crippen molar-refractivity contribution in [3.8, 4) is 0 Å². The third kappa shape index (κ3) is 2.36. The Hall–Kier alpha value is -1.10. The highest BCUT2D eigenvalue weighted by Gasteiger charge is 2.48. The Morgan fingerprint density at radius 2 is 1.78 bits per heavy atom. The lowest BCUT2D eigenvalue weighted by molar-refractivity contribution is -0.138. The molecule has 1 aromatic rings. The van der Waals surface area contributed by atoms with Gasteiger partial charge in [0.05, 0.1) is 5.56 Å². The van der Waals surface area contributed by atoms with E-state index in [9.17, 15) is 17.6 Å². The molecule has 0 amide bonds. The Morgan fingerprint density at radius 3 is 2.28 bits per heavy atom. The van der Waals surface area contributed by atoms with E-state index in [0.29, 0.717) is 0 Å². The minimum Gasteiger partial charge on any atom is -0.321 e. The van der Waals surface area contributed by atoms with Crippen LogP contribution in [-0.4, -0.2) is 5.67 Å². The Balaban J connectivity index is 2.46. The maximum absolute atomic E-state index is 13.9. The predicted molar refractivity (Wildman–Crippen MR) is 60.7 cm³/mol. The first-order valence-electron chi connectivity index (χ1n) is 5.79. The Kier molecular flexibility index (Phi) is 2.93. The minimum atomic E-state index is -4.46. The smallest absolute Gasteiger partial charge is 0.321 e. The maximum atomic E-state index is 13.9. The summed E-state index contributed by atoms with van der Waals surface area (Å²) in [6.07, 6.45) is -4.12. The zero-order chi connectivity index (χ0) is 13.6. The van der Waals surface area contributed by atoms with Crippen molar-refractivity contribution in [1.82, 2.24) is 0 Å². The molecule has 18 heavy (non-hydrogen) atoms. The molecule has 0 spiro atoms. The number of halogens is 4. The van der Waals surface area contributed by atoms with Crippen molar-refractivity contribution in [3.63, 3.8) is 0 Å². The van der Waals surface area contributed by atoms with Crippen LogP contribution in [0, 0.1) is 0 Å². The molecule has 2 unspecified atom stereocenters. The summed E-state index contributed by atoms with van der Waals surface area (Å²) >= 11 is 0. The van der Waals surface area contributed by atoms with Gasteiger partial charge >= 0.3 is 6.18 Å². The summed E-state index contributed by atoms with van der Waals surface area (Å²) < 4.78 is 52.6. The molecule has 1 aliphatic carbocycles. The summed E-state index contributed by atoms with van der Waals surface area (Å²) in [5.41, 5.74) is 2.53. The summed E-state index contributed by atoms with van der Waals surface area (Å²) in [5.74, 6) is 0. The highest BCUT2D eigenvalue weighted by molar-refractivity contribution is 5.37. The molecule has 1 aliphatic rings. The molecule has 2 atom stereocenters. The number of hydrogen-bond donors (Lipinski definition) is 1. The van der Waals surface area contributed by atoms with Crippen LogP contribution in [0.2, 0.25) is 0 Å². The van der Waals surface area contributed by atoms with Gasteiger partial charge in [-0.15, -0.1) is 0 Å². The second kappa shape index (κ2) is 3.95. The Bertz CT molecular complexity index is 453. The van der Waals surface area contributed by atoms with Crippen LogP contribution in [0.3, 0.4) is 0 Å². The number of rotatable bonds is 1. The third-order valence-electron chi connectivity index (χ3n) is 3.55. The zero-order valence-corrected chi connectivity index (χ0v) is 10.0. The molecular formula is C13H15F4N. The second-order valence-corrected chi connectivity index (χ2v) is 5.29.